The Morgan fingerprint density at radius 1 is 1.11 bits per heavy atom. The predicted molar refractivity (Wildman–Crippen MR) is 77.3 cm³/mol. The molecule has 0 fully saturated rings. The number of pyridine rings is 1. The summed E-state index contributed by atoms with van der Waals surface area (Å²) in [5.74, 6) is 0.658. The van der Waals surface area contributed by atoms with Crippen molar-refractivity contribution < 1.29 is 9.47 Å². The van der Waals surface area contributed by atoms with Crippen molar-refractivity contribution in [2.45, 2.75) is 46.1 Å². The van der Waals surface area contributed by atoms with Crippen molar-refractivity contribution in [1.82, 2.24) is 4.98 Å². The highest BCUT2D eigenvalue weighted by Gasteiger charge is 2.03. The molecule has 0 amide bonds. The predicted octanol–water partition coefficient (Wildman–Crippen LogP) is 2.69. The number of nitrogens with two attached hydrogens (primary N) is 1. The van der Waals surface area contributed by atoms with Gasteiger partial charge >= 0.3 is 0 Å². The highest BCUT2D eigenvalue weighted by Crippen LogP contribution is 2.13. The third-order valence-electron chi connectivity index (χ3n) is 2.78. The van der Waals surface area contributed by atoms with E-state index in [4.69, 9.17) is 15.2 Å². The summed E-state index contributed by atoms with van der Waals surface area (Å²) in [4.78, 5) is 4.47. The van der Waals surface area contributed by atoms with Crippen LogP contribution in [0.25, 0.3) is 0 Å². The van der Waals surface area contributed by atoms with Crippen LogP contribution in [0.2, 0.25) is 0 Å². The Morgan fingerprint density at radius 2 is 1.95 bits per heavy atom. The van der Waals surface area contributed by atoms with Gasteiger partial charge in [0.25, 0.3) is 0 Å². The molecule has 0 radical (unpaired) electrons. The summed E-state index contributed by atoms with van der Waals surface area (Å²) in [6.45, 7) is 6.75. The Morgan fingerprint density at radius 3 is 2.63 bits per heavy atom. The van der Waals surface area contributed by atoms with Crippen molar-refractivity contribution in [2.24, 2.45) is 5.73 Å². The summed E-state index contributed by atoms with van der Waals surface area (Å²) in [5.41, 5.74) is 7.80. The van der Waals surface area contributed by atoms with Gasteiger partial charge in [0, 0.05) is 24.9 Å². The standard InChI is InChI=1S/C15H26N2O2/c1-3-5-7-18-8-9-19-15-11-13(12-16)10-14(17-15)6-4-2/h10-11H,3-9,12,16H2,1-2H3. The van der Waals surface area contributed by atoms with Crippen LogP contribution >= 0.6 is 0 Å². The van der Waals surface area contributed by atoms with Crippen LogP contribution < -0.4 is 10.5 Å². The number of hydrogen-bond acceptors (Lipinski definition) is 4. The van der Waals surface area contributed by atoms with Crippen molar-refractivity contribution in [3.05, 3.63) is 23.4 Å². The van der Waals surface area contributed by atoms with Gasteiger partial charge in [0.05, 0.1) is 6.61 Å². The Hall–Kier alpha value is -1.13. The molecule has 19 heavy (non-hydrogen) atoms. The number of ether oxygens (including phenoxy) is 2. The first-order valence-electron chi connectivity index (χ1n) is 7.20. The van der Waals surface area contributed by atoms with Crippen molar-refractivity contribution in [3.63, 3.8) is 0 Å². The molecule has 4 nitrogen and oxygen atoms in total. The van der Waals surface area contributed by atoms with Crippen molar-refractivity contribution >= 4 is 0 Å². The fraction of sp³-hybridized carbons (Fsp3) is 0.667. The minimum atomic E-state index is 0.516. The molecule has 1 heterocycles. The van der Waals surface area contributed by atoms with Crippen molar-refractivity contribution in [1.29, 1.82) is 0 Å². The topological polar surface area (TPSA) is 57.4 Å². The number of rotatable bonds is 10. The lowest BCUT2D eigenvalue weighted by molar-refractivity contribution is 0.0964. The van der Waals surface area contributed by atoms with Crippen molar-refractivity contribution in [3.8, 4) is 5.88 Å². The Balaban J connectivity index is 2.41. The highest BCUT2D eigenvalue weighted by molar-refractivity contribution is 5.25. The second kappa shape index (κ2) is 9.75. The maximum atomic E-state index is 5.69. The van der Waals surface area contributed by atoms with Gasteiger partial charge < -0.3 is 15.2 Å². The minimum absolute atomic E-state index is 0.516. The van der Waals surface area contributed by atoms with Gasteiger partial charge in [-0.15, -0.1) is 0 Å². The zero-order chi connectivity index (χ0) is 13.9. The van der Waals surface area contributed by atoms with Crippen LogP contribution in [0, 0.1) is 0 Å². The zero-order valence-electron chi connectivity index (χ0n) is 12.2. The molecule has 0 saturated heterocycles. The van der Waals surface area contributed by atoms with Gasteiger partial charge in [-0.2, -0.15) is 0 Å². The lowest BCUT2D eigenvalue weighted by Crippen LogP contribution is -2.09. The second-order valence-electron chi connectivity index (χ2n) is 4.57. The Labute approximate surface area is 116 Å². The molecule has 1 aromatic rings. The molecule has 4 heteroatoms. The molecular weight excluding hydrogens is 240 g/mol. The van der Waals surface area contributed by atoms with Crippen LogP contribution in [-0.2, 0) is 17.7 Å². The van der Waals surface area contributed by atoms with E-state index in [1.165, 1.54) is 0 Å². The highest BCUT2D eigenvalue weighted by atomic mass is 16.5. The SMILES string of the molecule is CCCCOCCOc1cc(CN)cc(CCC)n1. The largest absolute Gasteiger partial charge is 0.475 e. The summed E-state index contributed by atoms with van der Waals surface area (Å²) in [6, 6.07) is 3.96. The number of nitrogens with zero attached hydrogens (tertiary/aromatic N) is 1. The van der Waals surface area contributed by atoms with E-state index in [-0.39, 0.29) is 0 Å². The fourth-order valence-electron chi connectivity index (χ4n) is 1.75. The summed E-state index contributed by atoms with van der Waals surface area (Å²) >= 11 is 0. The molecule has 0 aliphatic rings. The molecule has 0 aliphatic heterocycles. The number of aryl methyl sites for hydroxylation is 1. The maximum Gasteiger partial charge on any atom is 0.213 e. The molecule has 2 N–H and O–H groups in total. The quantitative estimate of drug-likeness (QED) is 0.661. The first kappa shape index (κ1) is 15.9. The van der Waals surface area contributed by atoms with E-state index < -0.39 is 0 Å². The third-order valence-corrected chi connectivity index (χ3v) is 2.78. The molecular formula is C15H26N2O2. The van der Waals surface area contributed by atoms with Gasteiger partial charge in [0.2, 0.25) is 5.88 Å². The number of aromatic nitrogens is 1. The van der Waals surface area contributed by atoms with Crippen LogP contribution in [0.3, 0.4) is 0 Å². The monoisotopic (exact) mass is 266 g/mol. The minimum Gasteiger partial charge on any atom is -0.475 e. The van der Waals surface area contributed by atoms with E-state index in [9.17, 15) is 0 Å². The maximum absolute atomic E-state index is 5.69. The molecule has 1 aromatic heterocycles. The van der Waals surface area contributed by atoms with Gasteiger partial charge in [-0.25, -0.2) is 4.98 Å². The molecule has 0 unspecified atom stereocenters. The van der Waals surface area contributed by atoms with Crippen LogP contribution in [0.4, 0.5) is 0 Å². The summed E-state index contributed by atoms with van der Waals surface area (Å²) in [5, 5.41) is 0. The molecule has 108 valence electrons. The fourth-order valence-corrected chi connectivity index (χ4v) is 1.75. The lowest BCUT2D eigenvalue weighted by atomic mass is 10.1. The molecule has 0 spiro atoms. The lowest BCUT2D eigenvalue weighted by Gasteiger charge is -2.09. The molecule has 0 bridgehead atoms. The zero-order valence-corrected chi connectivity index (χ0v) is 12.2. The second-order valence-corrected chi connectivity index (χ2v) is 4.57. The van der Waals surface area contributed by atoms with Crippen LogP contribution in [-0.4, -0.2) is 24.8 Å². The molecule has 1 rings (SSSR count). The normalized spacial score (nSPS) is 10.7. The van der Waals surface area contributed by atoms with Gasteiger partial charge in [0.1, 0.15) is 6.61 Å². The van der Waals surface area contributed by atoms with Crippen LogP contribution in [0.5, 0.6) is 5.88 Å². The molecule has 0 atom stereocenters. The first-order valence-corrected chi connectivity index (χ1v) is 7.20. The van der Waals surface area contributed by atoms with E-state index in [1.807, 2.05) is 12.1 Å². The van der Waals surface area contributed by atoms with E-state index in [1.54, 1.807) is 0 Å². The van der Waals surface area contributed by atoms with Gasteiger partial charge in [-0.05, 0) is 24.5 Å². The molecule has 0 saturated carbocycles. The summed E-state index contributed by atoms with van der Waals surface area (Å²) in [6.07, 6.45) is 4.28. The van der Waals surface area contributed by atoms with Gasteiger partial charge in [-0.1, -0.05) is 26.7 Å². The van der Waals surface area contributed by atoms with Crippen LogP contribution in [0.1, 0.15) is 44.4 Å². The number of hydrogen-bond donors (Lipinski definition) is 1. The molecule has 0 aromatic carbocycles. The third kappa shape index (κ3) is 6.55. The van der Waals surface area contributed by atoms with Gasteiger partial charge in [-0.3, -0.25) is 0 Å². The average Bonchev–Trinajstić information content (AvgIpc) is 2.43. The van der Waals surface area contributed by atoms with E-state index in [2.05, 4.69) is 18.8 Å². The summed E-state index contributed by atoms with van der Waals surface area (Å²) < 4.78 is 11.1. The van der Waals surface area contributed by atoms with E-state index in [0.717, 1.165) is 43.5 Å². The smallest absolute Gasteiger partial charge is 0.213 e. The van der Waals surface area contributed by atoms with Crippen molar-refractivity contribution in [2.75, 3.05) is 19.8 Å². The van der Waals surface area contributed by atoms with E-state index in [0.29, 0.717) is 25.6 Å². The Kier molecular flexibility index (Phi) is 8.18. The van der Waals surface area contributed by atoms with E-state index >= 15 is 0 Å². The average molecular weight is 266 g/mol. The molecule has 0 aliphatic carbocycles. The first-order chi connectivity index (χ1) is 9.30. The van der Waals surface area contributed by atoms with Crippen LogP contribution in [0.15, 0.2) is 12.1 Å². The Bertz CT molecular complexity index is 356. The van der Waals surface area contributed by atoms with Gasteiger partial charge in [0.15, 0.2) is 0 Å². The number of unbranched alkanes of at least 4 members (excludes halogenated alkanes) is 1. The summed E-state index contributed by atoms with van der Waals surface area (Å²) in [7, 11) is 0.